The van der Waals surface area contributed by atoms with E-state index >= 15 is 0 Å². The number of carbonyl (C=O) groups excluding carboxylic acids is 1. The second-order valence-corrected chi connectivity index (χ2v) is 8.66. The van der Waals surface area contributed by atoms with Gasteiger partial charge in [0.2, 0.25) is 0 Å². The first-order valence-corrected chi connectivity index (χ1v) is 9.17. The highest BCUT2D eigenvalue weighted by Crippen LogP contribution is 2.64. The van der Waals surface area contributed by atoms with E-state index in [4.69, 9.17) is 0 Å². The zero-order chi connectivity index (χ0) is 15.5. The lowest BCUT2D eigenvalue weighted by Crippen LogP contribution is -2.49. The van der Waals surface area contributed by atoms with E-state index in [1.807, 2.05) is 6.08 Å². The van der Waals surface area contributed by atoms with Crippen LogP contribution in [0, 0.1) is 52.3 Å². The van der Waals surface area contributed by atoms with Crippen LogP contribution in [-0.4, -0.2) is 5.78 Å². The first kappa shape index (κ1) is 14.5. The fraction of sp³-hybridized carbons (Fsp3) is 0.800. The molecule has 3 saturated carbocycles. The molecule has 22 heavy (non-hydrogen) atoms. The molecule has 2 nitrogen and oxygen atoms in total. The highest BCUT2D eigenvalue weighted by atomic mass is 16.1. The lowest BCUT2D eigenvalue weighted by atomic mass is 9.49. The summed E-state index contributed by atoms with van der Waals surface area (Å²) in [4.78, 5) is 11.8. The van der Waals surface area contributed by atoms with Gasteiger partial charge >= 0.3 is 0 Å². The first-order chi connectivity index (χ1) is 10.5. The predicted octanol–water partition coefficient (Wildman–Crippen LogP) is 4.51. The van der Waals surface area contributed by atoms with Crippen LogP contribution in [0.1, 0.15) is 58.8 Å². The van der Waals surface area contributed by atoms with Gasteiger partial charge in [-0.25, -0.2) is 0 Å². The van der Waals surface area contributed by atoms with Gasteiger partial charge in [0.15, 0.2) is 5.78 Å². The van der Waals surface area contributed by atoms with Crippen molar-refractivity contribution in [3.8, 4) is 6.07 Å². The summed E-state index contributed by atoms with van der Waals surface area (Å²) < 4.78 is 0. The Balaban J connectivity index is 1.68. The van der Waals surface area contributed by atoms with Crippen LogP contribution in [0.3, 0.4) is 0 Å². The number of nitrogens with zero attached hydrogens (tertiary/aromatic N) is 1. The van der Waals surface area contributed by atoms with Gasteiger partial charge in [0.25, 0.3) is 0 Å². The minimum Gasteiger partial charge on any atom is -0.295 e. The smallest absolute Gasteiger partial charge is 0.155 e. The second-order valence-electron chi connectivity index (χ2n) is 8.66. The molecular weight excluding hydrogens is 270 g/mol. The Morgan fingerprint density at radius 3 is 2.86 bits per heavy atom. The number of nitriles is 1. The molecule has 0 amide bonds. The molecule has 118 valence electrons. The molecule has 0 aromatic rings. The van der Waals surface area contributed by atoms with Gasteiger partial charge < -0.3 is 0 Å². The van der Waals surface area contributed by atoms with Gasteiger partial charge in [-0.3, -0.25) is 4.79 Å². The van der Waals surface area contributed by atoms with Crippen molar-refractivity contribution >= 4 is 5.78 Å². The van der Waals surface area contributed by atoms with E-state index in [1.165, 1.54) is 24.8 Å². The molecule has 7 atom stereocenters. The van der Waals surface area contributed by atoms with Crippen LogP contribution in [0.4, 0.5) is 0 Å². The topological polar surface area (TPSA) is 40.9 Å². The second kappa shape index (κ2) is 4.95. The maximum Gasteiger partial charge on any atom is 0.155 e. The van der Waals surface area contributed by atoms with E-state index in [2.05, 4.69) is 19.9 Å². The molecular formula is C20H27NO. The number of hydrogen-bond acceptors (Lipinski definition) is 2. The summed E-state index contributed by atoms with van der Waals surface area (Å²) in [5, 5.41) is 9.55. The SMILES string of the molecule is C[C@@H]1CC2=CC(=O)CCC2C2CCC3(C)C(CC[C@@H]3C#N)C21. The standard InChI is InChI=1S/C20H27NO/c1-12-9-13-10-15(22)4-5-16(13)17-7-8-20(2)14(11-21)3-6-18(20)19(12)17/h10,12,14,16-19H,3-9H2,1-2H3/t12-,14-,16?,17?,18?,19?,20?/m1/s1. The van der Waals surface area contributed by atoms with Crippen molar-refractivity contribution in [1.82, 2.24) is 0 Å². The molecule has 2 heteroatoms. The molecule has 0 aromatic carbocycles. The molecule has 3 fully saturated rings. The van der Waals surface area contributed by atoms with Crippen LogP contribution in [0.15, 0.2) is 11.6 Å². The lowest BCUT2D eigenvalue weighted by Gasteiger charge is -2.55. The summed E-state index contributed by atoms with van der Waals surface area (Å²) in [6.45, 7) is 4.80. The molecule has 0 radical (unpaired) electrons. The summed E-state index contributed by atoms with van der Waals surface area (Å²) in [6, 6.07) is 2.62. The van der Waals surface area contributed by atoms with E-state index < -0.39 is 0 Å². The molecule has 0 aromatic heterocycles. The van der Waals surface area contributed by atoms with Crippen molar-refractivity contribution in [3.05, 3.63) is 11.6 Å². The number of carbonyl (C=O) groups is 1. The quantitative estimate of drug-likeness (QED) is 0.660. The molecule has 0 N–H and O–H groups in total. The third kappa shape index (κ3) is 1.87. The average molecular weight is 297 g/mol. The Labute approximate surface area is 134 Å². The van der Waals surface area contributed by atoms with Crippen LogP contribution in [0.2, 0.25) is 0 Å². The minimum absolute atomic E-state index is 0.260. The maximum atomic E-state index is 11.8. The van der Waals surface area contributed by atoms with Crippen molar-refractivity contribution in [2.24, 2.45) is 40.9 Å². The van der Waals surface area contributed by atoms with Crippen LogP contribution in [0.5, 0.6) is 0 Å². The van der Waals surface area contributed by atoms with Crippen LogP contribution >= 0.6 is 0 Å². The monoisotopic (exact) mass is 297 g/mol. The van der Waals surface area contributed by atoms with Crippen molar-refractivity contribution in [2.75, 3.05) is 0 Å². The normalized spacial score (nSPS) is 50.4. The van der Waals surface area contributed by atoms with Crippen molar-refractivity contribution in [3.63, 3.8) is 0 Å². The van der Waals surface area contributed by atoms with Gasteiger partial charge in [0.05, 0.1) is 12.0 Å². The van der Waals surface area contributed by atoms with Gasteiger partial charge in [-0.15, -0.1) is 0 Å². The third-order valence-electron chi connectivity index (χ3n) is 7.80. The molecule has 4 aliphatic carbocycles. The van der Waals surface area contributed by atoms with Crippen molar-refractivity contribution in [2.45, 2.75) is 58.8 Å². The van der Waals surface area contributed by atoms with Crippen LogP contribution in [0.25, 0.3) is 0 Å². The Hall–Kier alpha value is -1.10. The number of ketones is 1. The first-order valence-electron chi connectivity index (χ1n) is 9.17. The highest BCUT2D eigenvalue weighted by molar-refractivity contribution is 5.91. The highest BCUT2D eigenvalue weighted by Gasteiger charge is 2.57. The Morgan fingerprint density at radius 1 is 1.27 bits per heavy atom. The fourth-order valence-corrected chi connectivity index (χ4v) is 6.80. The van der Waals surface area contributed by atoms with E-state index in [0.717, 1.165) is 43.4 Å². The molecule has 0 spiro atoms. The Morgan fingerprint density at radius 2 is 2.09 bits per heavy atom. The molecule has 0 aliphatic heterocycles. The number of rotatable bonds is 0. The minimum atomic E-state index is 0.260. The average Bonchev–Trinajstić information content (AvgIpc) is 2.83. The van der Waals surface area contributed by atoms with E-state index in [-0.39, 0.29) is 11.3 Å². The maximum absolute atomic E-state index is 11.8. The van der Waals surface area contributed by atoms with Crippen molar-refractivity contribution < 1.29 is 4.79 Å². The summed E-state index contributed by atoms with van der Waals surface area (Å²) in [5.41, 5.74) is 1.72. The molecule has 0 saturated heterocycles. The van der Waals surface area contributed by atoms with Gasteiger partial charge in [-0.1, -0.05) is 19.4 Å². The largest absolute Gasteiger partial charge is 0.295 e. The molecule has 0 bridgehead atoms. The van der Waals surface area contributed by atoms with Gasteiger partial charge in [-0.05, 0) is 79.6 Å². The van der Waals surface area contributed by atoms with E-state index in [0.29, 0.717) is 17.6 Å². The Kier molecular flexibility index (Phi) is 3.26. The van der Waals surface area contributed by atoms with Crippen molar-refractivity contribution in [1.29, 1.82) is 5.26 Å². The van der Waals surface area contributed by atoms with Gasteiger partial charge in [0, 0.05) is 6.42 Å². The zero-order valence-electron chi connectivity index (χ0n) is 13.8. The van der Waals surface area contributed by atoms with E-state index in [9.17, 15) is 10.1 Å². The number of fused-ring (bicyclic) bond motifs is 5. The Bertz CT molecular complexity index is 571. The molecule has 4 rings (SSSR count). The van der Waals surface area contributed by atoms with Gasteiger partial charge in [-0.2, -0.15) is 5.26 Å². The third-order valence-corrected chi connectivity index (χ3v) is 7.80. The van der Waals surface area contributed by atoms with E-state index in [1.54, 1.807) is 0 Å². The summed E-state index contributed by atoms with van der Waals surface area (Å²) in [5.74, 6) is 4.28. The number of allylic oxidation sites excluding steroid dienone is 1. The summed E-state index contributed by atoms with van der Waals surface area (Å²) in [7, 11) is 0. The lowest BCUT2D eigenvalue weighted by molar-refractivity contribution is -0.116. The molecule has 4 aliphatic rings. The molecule has 5 unspecified atom stereocenters. The zero-order valence-corrected chi connectivity index (χ0v) is 13.8. The number of hydrogen-bond donors (Lipinski definition) is 0. The van der Waals surface area contributed by atoms with Gasteiger partial charge in [0.1, 0.15) is 0 Å². The fourth-order valence-electron chi connectivity index (χ4n) is 6.80. The summed E-state index contributed by atoms with van der Waals surface area (Å²) in [6.07, 6.45) is 9.82. The molecule has 0 heterocycles. The van der Waals surface area contributed by atoms with Crippen LogP contribution in [-0.2, 0) is 4.79 Å². The van der Waals surface area contributed by atoms with Crippen LogP contribution < -0.4 is 0 Å². The predicted molar refractivity (Wildman–Crippen MR) is 85.7 cm³/mol. The summed E-state index contributed by atoms with van der Waals surface area (Å²) >= 11 is 0.